The van der Waals surface area contributed by atoms with Gasteiger partial charge in [0.15, 0.2) is 11.6 Å². The van der Waals surface area contributed by atoms with Gasteiger partial charge in [-0.05, 0) is 31.4 Å². The number of nitrogens with zero attached hydrogens (tertiary/aromatic N) is 1. The molecule has 2 unspecified atom stereocenters. The zero-order chi connectivity index (χ0) is 15.2. The molecule has 22 heavy (non-hydrogen) atoms. The van der Waals surface area contributed by atoms with Crippen molar-refractivity contribution < 1.29 is 13.9 Å². The van der Waals surface area contributed by atoms with Crippen LogP contribution in [0.3, 0.4) is 0 Å². The van der Waals surface area contributed by atoms with E-state index in [0.717, 1.165) is 25.7 Å². The van der Waals surface area contributed by atoms with Crippen molar-refractivity contribution in [2.24, 2.45) is 11.7 Å². The molecule has 0 aromatic heterocycles. The highest BCUT2D eigenvalue weighted by atomic mass is 35.5. The first-order valence-corrected chi connectivity index (χ1v) is 7.46. The summed E-state index contributed by atoms with van der Waals surface area (Å²) in [6.07, 6.45) is 3.68. The van der Waals surface area contributed by atoms with E-state index in [1.807, 2.05) is 0 Å². The summed E-state index contributed by atoms with van der Waals surface area (Å²) >= 11 is 0. The topological polar surface area (TPSA) is 55.6 Å². The quantitative estimate of drug-likeness (QED) is 0.903. The third kappa shape index (κ3) is 5.14. The van der Waals surface area contributed by atoms with Gasteiger partial charge in [-0.1, -0.05) is 18.6 Å². The molecule has 124 valence electrons. The Balaban J connectivity index is 0.00000242. The van der Waals surface area contributed by atoms with Crippen molar-refractivity contribution >= 4 is 18.3 Å². The number of carbonyl (C=O) groups is 1. The summed E-state index contributed by atoms with van der Waals surface area (Å²) in [7, 11) is 1.76. The van der Waals surface area contributed by atoms with Gasteiger partial charge in [0.05, 0.1) is 6.54 Å². The molecule has 1 aromatic carbocycles. The molecule has 2 atom stereocenters. The van der Waals surface area contributed by atoms with Crippen molar-refractivity contribution in [2.45, 2.75) is 31.7 Å². The number of likely N-dealkylation sites (N-methyl/N-ethyl adjacent to an activating group) is 1. The Bertz CT molecular complexity index is 487. The molecule has 1 aromatic rings. The number of benzene rings is 1. The van der Waals surface area contributed by atoms with Crippen molar-refractivity contribution in [1.82, 2.24) is 4.90 Å². The normalized spacial score (nSPS) is 20.9. The zero-order valence-electron chi connectivity index (χ0n) is 12.8. The Labute approximate surface area is 137 Å². The second-order valence-corrected chi connectivity index (χ2v) is 5.66. The van der Waals surface area contributed by atoms with E-state index in [-0.39, 0.29) is 48.4 Å². The van der Waals surface area contributed by atoms with E-state index in [9.17, 15) is 9.18 Å². The zero-order valence-corrected chi connectivity index (χ0v) is 13.7. The van der Waals surface area contributed by atoms with E-state index < -0.39 is 0 Å². The summed E-state index contributed by atoms with van der Waals surface area (Å²) in [5.74, 6) is -0.0303. The molecule has 2 rings (SSSR count). The lowest BCUT2D eigenvalue weighted by Gasteiger charge is -2.29. The molecule has 2 N–H and O–H groups in total. The molecule has 0 heterocycles. The van der Waals surface area contributed by atoms with Gasteiger partial charge in [-0.2, -0.15) is 0 Å². The van der Waals surface area contributed by atoms with Crippen LogP contribution in [-0.4, -0.2) is 37.0 Å². The molecular formula is C16H24ClFN2O2. The Morgan fingerprint density at radius 1 is 1.41 bits per heavy atom. The van der Waals surface area contributed by atoms with Gasteiger partial charge in [0, 0.05) is 19.0 Å². The van der Waals surface area contributed by atoms with Crippen LogP contribution in [0.5, 0.6) is 5.75 Å². The minimum Gasteiger partial charge on any atom is -0.489 e. The van der Waals surface area contributed by atoms with Crippen molar-refractivity contribution in [3.8, 4) is 5.75 Å². The first kappa shape index (κ1) is 18.7. The van der Waals surface area contributed by atoms with Crippen molar-refractivity contribution in [1.29, 1.82) is 0 Å². The number of carbonyl (C=O) groups excluding carboxylic acids is 1. The highest BCUT2D eigenvalue weighted by Gasteiger charge is 2.27. The van der Waals surface area contributed by atoms with Crippen LogP contribution < -0.4 is 10.5 Å². The molecule has 1 amide bonds. The third-order valence-electron chi connectivity index (χ3n) is 3.96. The molecule has 6 heteroatoms. The predicted molar refractivity (Wildman–Crippen MR) is 86.7 cm³/mol. The van der Waals surface area contributed by atoms with E-state index in [4.69, 9.17) is 10.5 Å². The molecule has 0 radical (unpaired) electrons. The summed E-state index contributed by atoms with van der Waals surface area (Å²) in [6, 6.07) is 6.40. The summed E-state index contributed by atoms with van der Waals surface area (Å²) in [5.41, 5.74) is 5.92. The maximum atomic E-state index is 13.4. The molecule has 1 fully saturated rings. The fourth-order valence-corrected chi connectivity index (χ4v) is 2.73. The number of para-hydroxylation sites is 1. The van der Waals surface area contributed by atoms with E-state index >= 15 is 0 Å². The average molecular weight is 331 g/mol. The summed E-state index contributed by atoms with van der Waals surface area (Å²) in [6.45, 7) is 0.723. The van der Waals surface area contributed by atoms with Crippen LogP contribution in [0.15, 0.2) is 24.3 Å². The number of ether oxygens (including phenoxy) is 1. The van der Waals surface area contributed by atoms with Gasteiger partial charge in [0.25, 0.3) is 0 Å². The van der Waals surface area contributed by atoms with Gasteiger partial charge >= 0.3 is 0 Å². The Morgan fingerprint density at radius 3 is 2.82 bits per heavy atom. The lowest BCUT2D eigenvalue weighted by atomic mass is 9.85. The van der Waals surface area contributed by atoms with Gasteiger partial charge in [-0.15, -0.1) is 12.4 Å². The Morgan fingerprint density at radius 2 is 2.14 bits per heavy atom. The van der Waals surface area contributed by atoms with Crippen LogP contribution in [0.25, 0.3) is 0 Å². The van der Waals surface area contributed by atoms with Crippen LogP contribution in [0.4, 0.5) is 4.39 Å². The van der Waals surface area contributed by atoms with Crippen LogP contribution in [-0.2, 0) is 4.79 Å². The summed E-state index contributed by atoms with van der Waals surface area (Å²) in [5, 5.41) is 0. The molecule has 0 bridgehead atoms. The van der Waals surface area contributed by atoms with Crippen LogP contribution >= 0.6 is 12.4 Å². The minimum absolute atomic E-state index is 0. The monoisotopic (exact) mass is 330 g/mol. The van der Waals surface area contributed by atoms with Crippen molar-refractivity contribution in [3.63, 3.8) is 0 Å². The number of amides is 1. The molecule has 0 saturated heterocycles. The first-order chi connectivity index (χ1) is 10.1. The molecule has 0 spiro atoms. The standard InChI is InChI=1S/C16H23FN2O2.ClH/c1-19(16(20)12-5-4-6-13(18)11-12)9-10-21-15-8-3-2-7-14(15)17;/h2-3,7-8,12-13H,4-6,9-11,18H2,1H3;1H. The third-order valence-corrected chi connectivity index (χ3v) is 3.96. The SMILES string of the molecule is CN(CCOc1ccccc1F)C(=O)C1CCCC(N)C1.Cl. The maximum Gasteiger partial charge on any atom is 0.225 e. The predicted octanol–water partition coefficient (Wildman–Crippen LogP) is 2.60. The Hall–Kier alpha value is -1.33. The lowest BCUT2D eigenvalue weighted by molar-refractivity contribution is -0.135. The molecule has 0 aliphatic heterocycles. The Kier molecular flexibility index (Phi) is 7.62. The number of hydrogen-bond acceptors (Lipinski definition) is 3. The van der Waals surface area contributed by atoms with Crippen LogP contribution in [0.2, 0.25) is 0 Å². The molecule has 1 aliphatic carbocycles. The van der Waals surface area contributed by atoms with E-state index in [1.54, 1.807) is 30.1 Å². The number of nitrogens with two attached hydrogens (primary N) is 1. The number of rotatable bonds is 5. The van der Waals surface area contributed by atoms with Crippen LogP contribution in [0, 0.1) is 11.7 Å². The minimum atomic E-state index is -0.385. The largest absolute Gasteiger partial charge is 0.489 e. The fraction of sp³-hybridized carbons (Fsp3) is 0.562. The smallest absolute Gasteiger partial charge is 0.225 e. The van der Waals surface area contributed by atoms with Gasteiger partial charge in [-0.25, -0.2) is 4.39 Å². The summed E-state index contributed by atoms with van der Waals surface area (Å²) < 4.78 is 18.8. The van der Waals surface area contributed by atoms with Crippen LogP contribution in [0.1, 0.15) is 25.7 Å². The highest BCUT2D eigenvalue weighted by molar-refractivity contribution is 5.85. The van der Waals surface area contributed by atoms with Gasteiger partial charge in [0.1, 0.15) is 6.61 Å². The molecule has 1 saturated carbocycles. The van der Waals surface area contributed by atoms with E-state index in [2.05, 4.69) is 0 Å². The maximum absolute atomic E-state index is 13.4. The molecule has 4 nitrogen and oxygen atoms in total. The van der Waals surface area contributed by atoms with E-state index in [1.165, 1.54) is 6.07 Å². The summed E-state index contributed by atoms with van der Waals surface area (Å²) in [4.78, 5) is 13.9. The number of hydrogen-bond donors (Lipinski definition) is 1. The second kappa shape index (κ2) is 8.96. The molecular weight excluding hydrogens is 307 g/mol. The van der Waals surface area contributed by atoms with Crippen molar-refractivity contribution in [2.75, 3.05) is 20.2 Å². The van der Waals surface area contributed by atoms with E-state index in [0.29, 0.717) is 6.54 Å². The van der Waals surface area contributed by atoms with Gasteiger partial charge < -0.3 is 15.4 Å². The fourth-order valence-electron chi connectivity index (χ4n) is 2.73. The molecule has 1 aliphatic rings. The van der Waals surface area contributed by atoms with Gasteiger partial charge in [-0.3, -0.25) is 4.79 Å². The second-order valence-electron chi connectivity index (χ2n) is 5.66. The lowest BCUT2D eigenvalue weighted by Crippen LogP contribution is -2.40. The first-order valence-electron chi connectivity index (χ1n) is 7.46. The average Bonchev–Trinajstić information content (AvgIpc) is 2.48. The highest BCUT2D eigenvalue weighted by Crippen LogP contribution is 2.24. The number of halogens is 2. The van der Waals surface area contributed by atoms with Gasteiger partial charge in [0.2, 0.25) is 5.91 Å². The van der Waals surface area contributed by atoms with Crippen molar-refractivity contribution in [3.05, 3.63) is 30.1 Å².